The van der Waals surface area contributed by atoms with Crippen molar-refractivity contribution in [2.45, 2.75) is 13.1 Å². The molecule has 2 heterocycles. The lowest BCUT2D eigenvalue weighted by atomic mass is 10.2. The second kappa shape index (κ2) is 7.56. The second-order valence-corrected chi connectivity index (χ2v) is 5.29. The summed E-state index contributed by atoms with van der Waals surface area (Å²) in [4.78, 5) is 12.9. The number of halogens is 1. The number of anilines is 2. The first-order valence-electron chi connectivity index (χ1n) is 7.25. The maximum Gasteiger partial charge on any atom is 0.224 e. The molecule has 0 saturated heterocycles. The highest BCUT2D eigenvalue weighted by Gasteiger charge is 2.02. The van der Waals surface area contributed by atoms with E-state index in [1.54, 1.807) is 12.4 Å². The number of rotatable bonds is 6. The highest BCUT2D eigenvalue weighted by molar-refractivity contribution is 6.31. The molecule has 3 aromatic rings. The van der Waals surface area contributed by atoms with E-state index in [2.05, 4.69) is 25.6 Å². The summed E-state index contributed by atoms with van der Waals surface area (Å²) in [6.45, 7) is 1.19. The Morgan fingerprint density at radius 2 is 1.70 bits per heavy atom. The molecule has 3 rings (SSSR count). The molecule has 0 aliphatic carbocycles. The Morgan fingerprint density at radius 1 is 0.826 bits per heavy atom. The summed E-state index contributed by atoms with van der Waals surface area (Å²) in [6.07, 6.45) is 3.47. The topological polar surface area (TPSA) is 62.7 Å². The van der Waals surface area contributed by atoms with Crippen LogP contribution in [0.2, 0.25) is 5.02 Å². The minimum atomic E-state index is 0.555. The SMILES string of the molecule is Clc1ccccc1CNc1ccnc(NCc2ccccn2)n1. The van der Waals surface area contributed by atoms with Gasteiger partial charge in [0.1, 0.15) is 5.82 Å². The van der Waals surface area contributed by atoms with Gasteiger partial charge in [0.25, 0.3) is 0 Å². The molecule has 0 saturated carbocycles. The van der Waals surface area contributed by atoms with Crippen LogP contribution in [0.3, 0.4) is 0 Å². The molecule has 6 heteroatoms. The van der Waals surface area contributed by atoms with Crippen molar-refractivity contribution in [3.05, 3.63) is 77.2 Å². The van der Waals surface area contributed by atoms with Crippen LogP contribution < -0.4 is 10.6 Å². The zero-order chi connectivity index (χ0) is 15.9. The van der Waals surface area contributed by atoms with Gasteiger partial charge in [-0.3, -0.25) is 4.98 Å². The van der Waals surface area contributed by atoms with Crippen LogP contribution in [-0.2, 0) is 13.1 Å². The third kappa shape index (κ3) is 4.40. The van der Waals surface area contributed by atoms with Crippen molar-refractivity contribution >= 4 is 23.4 Å². The molecule has 0 unspecified atom stereocenters. The molecule has 0 aliphatic heterocycles. The molecule has 0 amide bonds. The van der Waals surface area contributed by atoms with Crippen molar-refractivity contribution in [1.29, 1.82) is 0 Å². The zero-order valence-corrected chi connectivity index (χ0v) is 13.2. The molecule has 0 fully saturated rings. The number of pyridine rings is 1. The fourth-order valence-corrected chi connectivity index (χ4v) is 2.24. The Bertz CT molecular complexity index is 764. The van der Waals surface area contributed by atoms with E-state index < -0.39 is 0 Å². The molecule has 0 atom stereocenters. The lowest BCUT2D eigenvalue weighted by Gasteiger charge is -2.09. The Labute approximate surface area is 139 Å². The maximum absolute atomic E-state index is 6.15. The van der Waals surface area contributed by atoms with Gasteiger partial charge in [0.05, 0.1) is 12.2 Å². The summed E-state index contributed by atoms with van der Waals surface area (Å²) in [5.41, 5.74) is 1.96. The van der Waals surface area contributed by atoms with Gasteiger partial charge >= 0.3 is 0 Å². The molecule has 0 radical (unpaired) electrons. The summed E-state index contributed by atoms with van der Waals surface area (Å²) in [7, 11) is 0. The molecule has 1 aromatic carbocycles. The van der Waals surface area contributed by atoms with E-state index in [0.29, 0.717) is 19.0 Å². The standard InChI is InChI=1S/C17H16ClN5/c18-15-7-2-1-5-13(15)11-21-16-8-10-20-17(23-16)22-12-14-6-3-4-9-19-14/h1-10H,11-12H2,(H2,20,21,22,23). The van der Waals surface area contributed by atoms with Crippen molar-refractivity contribution in [1.82, 2.24) is 15.0 Å². The van der Waals surface area contributed by atoms with E-state index in [1.807, 2.05) is 48.5 Å². The predicted molar refractivity (Wildman–Crippen MR) is 92.4 cm³/mol. The predicted octanol–water partition coefficient (Wildman–Crippen LogP) is 3.75. The third-order valence-corrected chi connectivity index (χ3v) is 3.60. The highest BCUT2D eigenvalue weighted by atomic mass is 35.5. The van der Waals surface area contributed by atoms with Gasteiger partial charge in [0.15, 0.2) is 0 Å². The van der Waals surface area contributed by atoms with E-state index in [0.717, 1.165) is 22.1 Å². The van der Waals surface area contributed by atoms with Gasteiger partial charge in [-0.1, -0.05) is 35.9 Å². The van der Waals surface area contributed by atoms with Crippen LogP contribution in [0.1, 0.15) is 11.3 Å². The molecule has 0 bridgehead atoms. The smallest absolute Gasteiger partial charge is 0.224 e. The van der Waals surface area contributed by atoms with Crippen LogP contribution >= 0.6 is 11.6 Å². The summed E-state index contributed by atoms with van der Waals surface area (Å²) in [5.74, 6) is 1.29. The van der Waals surface area contributed by atoms with Crippen LogP contribution in [0, 0.1) is 0 Å². The Hall–Kier alpha value is -2.66. The normalized spacial score (nSPS) is 10.3. The van der Waals surface area contributed by atoms with Gasteiger partial charge in [-0.15, -0.1) is 0 Å². The van der Waals surface area contributed by atoms with Crippen molar-refractivity contribution in [2.75, 3.05) is 10.6 Å². The van der Waals surface area contributed by atoms with Gasteiger partial charge in [-0.25, -0.2) is 4.98 Å². The van der Waals surface area contributed by atoms with Gasteiger partial charge in [0, 0.05) is 24.0 Å². The van der Waals surface area contributed by atoms with E-state index in [1.165, 1.54) is 0 Å². The molecule has 0 spiro atoms. The van der Waals surface area contributed by atoms with Crippen LogP contribution in [0.4, 0.5) is 11.8 Å². The Balaban J connectivity index is 1.60. The molecule has 0 aliphatic rings. The largest absolute Gasteiger partial charge is 0.366 e. The monoisotopic (exact) mass is 325 g/mol. The van der Waals surface area contributed by atoms with Gasteiger partial charge in [0.2, 0.25) is 5.95 Å². The molecular formula is C17H16ClN5. The van der Waals surface area contributed by atoms with Crippen LogP contribution in [0.25, 0.3) is 0 Å². The number of hydrogen-bond acceptors (Lipinski definition) is 5. The number of aromatic nitrogens is 3. The molecule has 116 valence electrons. The first kappa shape index (κ1) is 15.2. The van der Waals surface area contributed by atoms with E-state index in [4.69, 9.17) is 11.6 Å². The van der Waals surface area contributed by atoms with E-state index >= 15 is 0 Å². The number of benzene rings is 1. The summed E-state index contributed by atoms with van der Waals surface area (Å²) < 4.78 is 0. The first-order chi connectivity index (χ1) is 11.3. The maximum atomic E-state index is 6.15. The lowest BCUT2D eigenvalue weighted by molar-refractivity contribution is 0.995. The van der Waals surface area contributed by atoms with Crippen molar-refractivity contribution in [3.63, 3.8) is 0 Å². The van der Waals surface area contributed by atoms with Crippen LogP contribution in [0.15, 0.2) is 60.9 Å². The minimum absolute atomic E-state index is 0.555. The van der Waals surface area contributed by atoms with Crippen molar-refractivity contribution in [2.24, 2.45) is 0 Å². The summed E-state index contributed by atoms with van der Waals surface area (Å²) >= 11 is 6.15. The van der Waals surface area contributed by atoms with E-state index in [9.17, 15) is 0 Å². The number of nitrogens with one attached hydrogen (secondary N) is 2. The second-order valence-electron chi connectivity index (χ2n) is 4.89. The summed E-state index contributed by atoms with van der Waals surface area (Å²) in [5, 5.41) is 7.15. The third-order valence-electron chi connectivity index (χ3n) is 3.23. The zero-order valence-electron chi connectivity index (χ0n) is 12.4. The van der Waals surface area contributed by atoms with E-state index in [-0.39, 0.29) is 0 Å². The molecule has 2 N–H and O–H groups in total. The van der Waals surface area contributed by atoms with Crippen LogP contribution in [0.5, 0.6) is 0 Å². The minimum Gasteiger partial charge on any atom is -0.366 e. The molecular weight excluding hydrogens is 310 g/mol. The Morgan fingerprint density at radius 3 is 2.52 bits per heavy atom. The molecule has 5 nitrogen and oxygen atoms in total. The average Bonchev–Trinajstić information content (AvgIpc) is 2.61. The van der Waals surface area contributed by atoms with Gasteiger partial charge in [-0.05, 0) is 29.8 Å². The fraction of sp³-hybridized carbons (Fsp3) is 0.118. The van der Waals surface area contributed by atoms with Gasteiger partial charge < -0.3 is 10.6 Å². The number of nitrogens with zero attached hydrogens (tertiary/aromatic N) is 3. The average molecular weight is 326 g/mol. The first-order valence-corrected chi connectivity index (χ1v) is 7.63. The van der Waals surface area contributed by atoms with Crippen molar-refractivity contribution in [3.8, 4) is 0 Å². The van der Waals surface area contributed by atoms with Crippen molar-refractivity contribution < 1.29 is 0 Å². The lowest BCUT2D eigenvalue weighted by Crippen LogP contribution is -2.07. The van der Waals surface area contributed by atoms with Gasteiger partial charge in [-0.2, -0.15) is 4.98 Å². The molecule has 23 heavy (non-hydrogen) atoms. The molecule has 2 aromatic heterocycles. The quantitative estimate of drug-likeness (QED) is 0.722. The van der Waals surface area contributed by atoms with Crippen LogP contribution in [-0.4, -0.2) is 15.0 Å². The fourth-order valence-electron chi connectivity index (χ4n) is 2.04. The number of hydrogen-bond donors (Lipinski definition) is 2. The summed E-state index contributed by atoms with van der Waals surface area (Å²) in [6, 6.07) is 15.3. The highest BCUT2D eigenvalue weighted by Crippen LogP contribution is 2.16. The Kier molecular flexibility index (Phi) is 5.01.